The Morgan fingerprint density at radius 2 is 1.84 bits per heavy atom. The number of para-hydroxylation sites is 1. The molecule has 1 N–H and O–H groups in total. The van der Waals surface area contributed by atoms with Crippen LogP contribution in [0.4, 0.5) is 10.1 Å². The summed E-state index contributed by atoms with van der Waals surface area (Å²) >= 11 is 0. The highest BCUT2D eigenvalue weighted by Crippen LogP contribution is 2.45. The van der Waals surface area contributed by atoms with Crippen LogP contribution in [0.5, 0.6) is 0 Å². The minimum absolute atomic E-state index is 0.0889. The second-order valence-corrected chi connectivity index (χ2v) is 7.35. The van der Waals surface area contributed by atoms with Gasteiger partial charge < -0.3 is 5.32 Å². The van der Waals surface area contributed by atoms with Gasteiger partial charge in [0.1, 0.15) is 5.82 Å². The lowest BCUT2D eigenvalue weighted by Crippen LogP contribution is -2.53. The molecule has 1 spiro atoms. The van der Waals surface area contributed by atoms with Gasteiger partial charge in [-0.3, -0.25) is 4.79 Å². The average Bonchev–Trinajstić information content (AvgIpc) is 2.40. The first-order chi connectivity index (χ1) is 8.99. The number of hydrogen-bond acceptors (Lipinski definition) is 3. The third-order valence-corrected chi connectivity index (χ3v) is 6.63. The van der Waals surface area contributed by atoms with Gasteiger partial charge in [-0.1, -0.05) is 25.3 Å². The molecule has 1 fully saturated rings. The Kier molecular flexibility index (Phi) is 2.67. The number of halogens is 1. The van der Waals surface area contributed by atoms with Crippen molar-refractivity contribution in [3.63, 3.8) is 0 Å². The van der Waals surface area contributed by atoms with Gasteiger partial charge in [0.05, 0.1) is 10.6 Å². The molecule has 1 heterocycles. The van der Waals surface area contributed by atoms with Gasteiger partial charge in [0.15, 0.2) is 14.6 Å². The summed E-state index contributed by atoms with van der Waals surface area (Å²) in [6, 6.07) is 3.87. The van der Waals surface area contributed by atoms with Crippen LogP contribution in [0.1, 0.15) is 32.1 Å². The van der Waals surface area contributed by atoms with E-state index in [1.54, 1.807) is 0 Å². The second kappa shape index (κ2) is 4.03. The summed E-state index contributed by atoms with van der Waals surface area (Å²) in [5.74, 6) is -1.29. The zero-order valence-corrected chi connectivity index (χ0v) is 11.1. The number of carbonyl (C=O) groups excluding carboxylic acids is 1. The van der Waals surface area contributed by atoms with Crippen LogP contribution in [0.3, 0.4) is 0 Å². The lowest BCUT2D eigenvalue weighted by Gasteiger charge is -2.38. The molecule has 1 aliphatic carbocycles. The molecule has 6 heteroatoms. The van der Waals surface area contributed by atoms with Crippen molar-refractivity contribution in [3.05, 3.63) is 24.0 Å². The fraction of sp³-hybridized carbons (Fsp3) is 0.462. The maximum atomic E-state index is 13.7. The van der Waals surface area contributed by atoms with Gasteiger partial charge >= 0.3 is 0 Å². The van der Waals surface area contributed by atoms with E-state index in [1.807, 2.05) is 0 Å². The lowest BCUT2D eigenvalue weighted by atomic mass is 9.87. The standard InChI is InChI=1S/C13H14FNO3S/c14-9-5-4-6-10-11(9)15-12(16)13(19(10,17)18)7-2-1-3-8-13/h4-6H,1-3,7-8H2,(H,15,16). The number of rotatable bonds is 0. The summed E-state index contributed by atoms with van der Waals surface area (Å²) in [5, 5.41) is 2.45. The summed E-state index contributed by atoms with van der Waals surface area (Å²) in [4.78, 5) is 12.2. The predicted octanol–water partition coefficient (Wildman–Crippen LogP) is 2.25. The van der Waals surface area contributed by atoms with E-state index in [1.165, 1.54) is 12.1 Å². The molecule has 1 aromatic rings. The van der Waals surface area contributed by atoms with Crippen LogP contribution in [-0.4, -0.2) is 19.1 Å². The third kappa shape index (κ3) is 1.55. The van der Waals surface area contributed by atoms with E-state index in [2.05, 4.69) is 5.32 Å². The highest BCUT2D eigenvalue weighted by molar-refractivity contribution is 7.94. The molecule has 102 valence electrons. The molecule has 1 amide bonds. The van der Waals surface area contributed by atoms with Crippen molar-refractivity contribution in [2.75, 3.05) is 5.32 Å². The van der Waals surface area contributed by atoms with Crippen molar-refractivity contribution < 1.29 is 17.6 Å². The van der Waals surface area contributed by atoms with Crippen molar-refractivity contribution in [2.45, 2.75) is 41.7 Å². The van der Waals surface area contributed by atoms with Crippen molar-refractivity contribution >= 4 is 21.4 Å². The molecule has 0 radical (unpaired) electrons. The van der Waals surface area contributed by atoms with Crippen LogP contribution in [0, 0.1) is 5.82 Å². The van der Waals surface area contributed by atoms with Crippen LogP contribution in [0.15, 0.2) is 23.1 Å². The first kappa shape index (κ1) is 12.6. The lowest BCUT2D eigenvalue weighted by molar-refractivity contribution is -0.119. The van der Waals surface area contributed by atoms with Crippen LogP contribution in [0.25, 0.3) is 0 Å². The Labute approximate surface area is 110 Å². The number of fused-ring (bicyclic) bond motifs is 1. The van der Waals surface area contributed by atoms with Gasteiger partial charge in [-0.05, 0) is 25.0 Å². The molecular weight excluding hydrogens is 269 g/mol. The van der Waals surface area contributed by atoms with E-state index in [-0.39, 0.29) is 10.6 Å². The molecule has 0 bridgehead atoms. The van der Waals surface area contributed by atoms with Crippen molar-refractivity contribution in [1.82, 2.24) is 0 Å². The van der Waals surface area contributed by atoms with Crippen LogP contribution < -0.4 is 5.32 Å². The maximum Gasteiger partial charge on any atom is 0.246 e. The molecule has 19 heavy (non-hydrogen) atoms. The summed E-state index contributed by atoms with van der Waals surface area (Å²) < 4.78 is 37.7. The Morgan fingerprint density at radius 3 is 2.53 bits per heavy atom. The van der Waals surface area contributed by atoms with Crippen LogP contribution in [0.2, 0.25) is 0 Å². The number of carbonyl (C=O) groups is 1. The van der Waals surface area contributed by atoms with Crippen LogP contribution >= 0.6 is 0 Å². The minimum Gasteiger partial charge on any atom is -0.321 e. The Hall–Kier alpha value is -1.43. The normalized spacial score (nSPS) is 23.7. The average molecular weight is 283 g/mol. The van der Waals surface area contributed by atoms with E-state index in [4.69, 9.17) is 0 Å². The molecule has 0 atom stereocenters. The van der Waals surface area contributed by atoms with E-state index < -0.39 is 26.3 Å². The Balaban J connectivity index is 2.25. The van der Waals surface area contributed by atoms with Gasteiger partial charge in [0.2, 0.25) is 5.91 Å². The molecule has 1 aliphatic heterocycles. The molecule has 0 aromatic heterocycles. The Bertz CT molecular complexity index is 648. The molecule has 3 rings (SSSR count). The first-order valence-corrected chi connectivity index (χ1v) is 7.82. The highest BCUT2D eigenvalue weighted by Gasteiger charge is 2.55. The van der Waals surface area contributed by atoms with Crippen molar-refractivity contribution in [3.8, 4) is 0 Å². The van der Waals surface area contributed by atoms with Gasteiger partial charge in [-0.2, -0.15) is 0 Å². The largest absolute Gasteiger partial charge is 0.321 e. The monoisotopic (exact) mass is 283 g/mol. The SMILES string of the molecule is O=C1Nc2c(F)cccc2S(=O)(=O)C12CCCCC2. The summed E-state index contributed by atoms with van der Waals surface area (Å²) in [6.45, 7) is 0. The fourth-order valence-corrected chi connectivity index (χ4v) is 5.25. The van der Waals surface area contributed by atoms with E-state index in [0.717, 1.165) is 12.5 Å². The number of sulfone groups is 1. The van der Waals surface area contributed by atoms with Gasteiger partial charge in [0, 0.05) is 0 Å². The molecule has 0 saturated heterocycles. The number of amides is 1. The fourth-order valence-electron chi connectivity index (χ4n) is 3.03. The zero-order valence-electron chi connectivity index (χ0n) is 10.3. The van der Waals surface area contributed by atoms with Gasteiger partial charge in [-0.25, -0.2) is 12.8 Å². The molecular formula is C13H14FNO3S. The first-order valence-electron chi connectivity index (χ1n) is 6.34. The van der Waals surface area contributed by atoms with E-state index >= 15 is 0 Å². The number of anilines is 1. The van der Waals surface area contributed by atoms with E-state index in [9.17, 15) is 17.6 Å². The summed E-state index contributed by atoms with van der Waals surface area (Å²) in [6.07, 6.45) is 2.98. The molecule has 1 saturated carbocycles. The molecule has 1 aromatic carbocycles. The van der Waals surface area contributed by atoms with Gasteiger partial charge in [-0.15, -0.1) is 0 Å². The maximum absolute atomic E-state index is 13.7. The quantitative estimate of drug-likeness (QED) is 0.794. The Morgan fingerprint density at radius 1 is 1.16 bits per heavy atom. The van der Waals surface area contributed by atoms with Crippen LogP contribution in [-0.2, 0) is 14.6 Å². The molecule has 2 aliphatic rings. The number of benzene rings is 1. The number of nitrogens with one attached hydrogen (secondary N) is 1. The van der Waals surface area contributed by atoms with Crippen molar-refractivity contribution in [1.29, 1.82) is 0 Å². The summed E-state index contributed by atoms with van der Waals surface area (Å²) in [5.41, 5.74) is -0.205. The second-order valence-electron chi connectivity index (χ2n) is 5.13. The smallest absolute Gasteiger partial charge is 0.246 e. The van der Waals surface area contributed by atoms with Crippen molar-refractivity contribution in [2.24, 2.45) is 0 Å². The molecule has 0 unspecified atom stereocenters. The zero-order chi connectivity index (χ0) is 13.7. The summed E-state index contributed by atoms with van der Waals surface area (Å²) in [7, 11) is -3.83. The highest BCUT2D eigenvalue weighted by atomic mass is 32.2. The minimum atomic E-state index is -3.83. The molecule has 4 nitrogen and oxygen atoms in total. The predicted molar refractivity (Wildman–Crippen MR) is 68.0 cm³/mol. The topological polar surface area (TPSA) is 63.2 Å². The van der Waals surface area contributed by atoms with Gasteiger partial charge in [0.25, 0.3) is 0 Å². The van der Waals surface area contributed by atoms with E-state index in [0.29, 0.717) is 25.7 Å². The third-order valence-electron chi connectivity index (χ3n) is 4.09. The number of hydrogen-bond donors (Lipinski definition) is 1.